The molecule has 0 bridgehead atoms. The van der Waals surface area contributed by atoms with Crippen molar-refractivity contribution < 1.29 is 13.5 Å². The molecule has 1 saturated heterocycles. The molecule has 1 heterocycles. The van der Waals surface area contributed by atoms with Gasteiger partial charge in [-0.25, -0.2) is 13.1 Å². The summed E-state index contributed by atoms with van der Waals surface area (Å²) in [7, 11) is -3.26. The van der Waals surface area contributed by atoms with Crippen LogP contribution in [0.15, 0.2) is 24.3 Å². The predicted molar refractivity (Wildman–Crippen MR) is 78.4 cm³/mol. The third-order valence-electron chi connectivity index (χ3n) is 3.18. The molecule has 0 aromatic heterocycles. The van der Waals surface area contributed by atoms with E-state index >= 15 is 0 Å². The molecule has 0 amide bonds. The van der Waals surface area contributed by atoms with E-state index in [1.165, 1.54) is 0 Å². The van der Waals surface area contributed by atoms with Crippen LogP contribution in [0.25, 0.3) is 0 Å². The number of benzene rings is 1. The molecule has 106 valence electrons. The van der Waals surface area contributed by atoms with Crippen molar-refractivity contribution in [2.45, 2.75) is 18.8 Å². The molecule has 1 aromatic carbocycles. The summed E-state index contributed by atoms with van der Waals surface area (Å²) in [6.45, 7) is 0.523. The lowest BCUT2D eigenvalue weighted by molar-refractivity contribution is 0.282. The molecule has 4 nitrogen and oxygen atoms in total. The van der Waals surface area contributed by atoms with Crippen LogP contribution in [0.1, 0.15) is 17.5 Å². The van der Waals surface area contributed by atoms with Crippen molar-refractivity contribution in [1.82, 2.24) is 4.72 Å². The molecule has 0 radical (unpaired) electrons. The van der Waals surface area contributed by atoms with E-state index in [1.54, 1.807) is 24.3 Å². The van der Waals surface area contributed by atoms with Gasteiger partial charge in [-0.1, -0.05) is 24.3 Å². The van der Waals surface area contributed by atoms with Gasteiger partial charge in [-0.05, 0) is 35.0 Å². The van der Waals surface area contributed by atoms with E-state index in [4.69, 9.17) is 5.11 Å². The predicted octanol–water partition coefficient (Wildman–Crippen LogP) is 1.35. The number of thioether (sulfide) groups is 1. The molecule has 6 heteroatoms. The number of nitrogens with one attached hydrogen (secondary N) is 1. The van der Waals surface area contributed by atoms with Gasteiger partial charge in [0.1, 0.15) is 0 Å². The van der Waals surface area contributed by atoms with Gasteiger partial charge in [0.25, 0.3) is 0 Å². The highest BCUT2D eigenvalue weighted by Gasteiger charge is 2.18. The molecule has 2 N–H and O–H groups in total. The Balaban J connectivity index is 1.88. The first-order valence-corrected chi connectivity index (χ1v) is 9.13. The standard InChI is InChI=1S/C13H19NO3S2/c15-8-11-1-3-12(4-2-11)10-19(16,17)14-7-13-5-6-18-9-13/h1-4,13-15H,5-10H2. The Morgan fingerprint density at radius 1 is 1.26 bits per heavy atom. The van der Waals surface area contributed by atoms with Gasteiger partial charge in [0, 0.05) is 6.54 Å². The lowest BCUT2D eigenvalue weighted by atomic mass is 10.1. The topological polar surface area (TPSA) is 66.4 Å². The fourth-order valence-corrected chi connectivity index (χ4v) is 4.51. The van der Waals surface area contributed by atoms with E-state index in [0.29, 0.717) is 12.5 Å². The summed E-state index contributed by atoms with van der Waals surface area (Å²) in [4.78, 5) is 0. The number of rotatable bonds is 6. The van der Waals surface area contributed by atoms with Crippen molar-refractivity contribution in [1.29, 1.82) is 0 Å². The minimum atomic E-state index is -3.26. The smallest absolute Gasteiger partial charge is 0.215 e. The van der Waals surface area contributed by atoms with E-state index in [9.17, 15) is 8.42 Å². The molecule has 1 fully saturated rings. The van der Waals surface area contributed by atoms with Crippen LogP contribution in [0.2, 0.25) is 0 Å². The Morgan fingerprint density at radius 2 is 1.95 bits per heavy atom. The highest BCUT2D eigenvalue weighted by Crippen LogP contribution is 2.22. The average Bonchev–Trinajstić information content (AvgIpc) is 2.90. The number of hydrogen-bond donors (Lipinski definition) is 2. The monoisotopic (exact) mass is 301 g/mol. The van der Waals surface area contributed by atoms with Crippen LogP contribution in [0, 0.1) is 5.92 Å². The zero-order chi connectivity index (χ0) is 13.7. The SMILES string of the molecule is O=S(=O)(Cc1ccc(CO)cc1)NCC1CCSC1. The van der Waals surface area contributed by atoms with Crippen LogP contribution < -0.4 is 4.72 Å². The minimum Gasteiger partial charge on any atom is -0.392 e. The van der Waals surface area contributed by atoms with Crippen LogP contribution in [0.5, 0.6) is 0 Å². The van der Waals surface area contributed by atoms with Crippen LogP contribution in [-0.4, -0.2) is 31.6 Å². The normalized spacial score (nSPS) is 19.7. The van der Waals surface area contributed by atoms with Crippen molar-refractivity contribution in [3.05, 3.63) is 35.4 Å². The van der Waals surface area contributed by atoms with Gasteiger partial charge in [0.05, 0.1) is 12.4 Å². The van der Waals surface area contributed by atoms with Gasteiger partial charge < -0.3 is 5.11 Å². The van der Waals surface area contributed by atoms with E-state index < -0.39 is 10.0 Å². The molecule has 1 aliphatic heterocycles. The van der Waals surface area contributed by atoms with Gasteiger partial charge >= 0.3 is 0 Å². The molecular formula is C13H19NO3S2. The summed E-state index contributed by atoms with van der Waals surface area (Å²) in [5.41, 5.74) is 1.53. The maximum absolute atomic E-state index is 11.9. The van der Waals surface area contributed by atoms with Gasteiger partial charge in [-0.2, -0.15) is 11.8 Å². The summed E-state index contributed by atoms with van der Waals surface area (Å²) in [6, 6.07) is 6.99. The maximum atomic E-state index is 11.9. The zero-order valence-electron chi connectivity index (χ0n) is 10.7. The second kappa shape index (κ2) is 6.74. The molecular weight excluding hydrogens is 282 g/mol. The summed E-state index contributed by atoms with van der Waals surface area (Å²) < 4.78 is 26.6. The first-order chi connectivity index (χ1) is 9.09. The molecule has 1 aliphatic rings. The molecule has 0 aliphatic carbocycles. The summed E-state index contributed by atoms with van der Waals surface area (Å²) in [5, 5.41) is 8.93. The van der Waals surface area contributed by atoms with E-state index in [-0.39, 0.29) is 12.4 Å². The van der Waals surface area contributed by atoms with Crippen LogP contribution >= 0.6 is 11.8 Å². The second-order valence-electron chi connectivity index (χ2n) is 4.81. The molecule has 2 rings (SSSR count). The molecule has 1 unspecified atom stereocenters. The Kier molecular flexibility index (Phi) is 5.27. The lowest BCUT2D eigenvalue weighted by Crippen LogP contribution is -2.30. The van der Waals surface area contributed by atoms with E-state index in [1.807, 2.05) is 11.8 Å². The largest absolute Gasteiger partial charge is 0.392 e. The van der Waals surface area contributed by atoms with Gasteiger partial charge in [0.2, 0.25) is 10.0 Å². The van der Waals surface area contributed by atoms with E-state index in [2.05, 4.69) is 4.72 Å². The van der Waals surface area contributed by atoms with Crippen molar-refractivity contribution in [2.75, 3.05) is 18.1 Å². The third kappa shape index (κ3) is 4.80. The van der Waals surface area contributed by atoms with E-state index in [0.717, 1.165) is 29.1 Å². The number of aliphatic hydroxyl groups is 1. The Labute approximate surface area is 118 Å². The summed E-state index contributed by atoms with van der Waals surface area (Å²) in [5.74, 6) is 2.65. The van der Waals surface area contributed by atoms with Gasteiger partial charge in [0.15, 0.2) is 0 Å². The number of aliphatic hydroxyl groups excluding tert-OH is 1. The number of hydrogen-bond acceptors (Lipinski definition) is 4. The maximum Gasteiger partial charge on any atom is 0.215 e. The van der Waals surface area contributed by atoms with Crippen LogP contribution in [0.4, 0.5) is 0 Å². The van der Waals surface area contributed by atoms with Gasteiger partial charge in [-0.15, -0.1) is 0 Å². The molecule has 19 heavy (non-hydrogen) atoms. The zero-order valence-corrected chi connectivity index (χ0v) is 12.3. The number of sulfonamides is 1. The van der Waals surface area contributed by atoms with Crippen molar-refractivity contribution >= 4 is 21.8 Å². The second-order valence-corrected chi connectivity index (χ2v) is 7.77. The fourth-order valence-electron chi connectivity index (χ4n) is 2.00. The fraction of sp³-hybridized carbons (Fsp3) is 0.538. The van der Waals surface area contributed by atoms with Crippen molar-refractivity contribution in [3.8, 4) is 0 Å². The Hall–Kier alpha value is -0.560. The third-order valence-corrected chi connectivity index (χ3v) is 5.73. The molecule has 0 spiro atoms. The van der Waals surface area contributed by atoms with Crippen molar-refractivity contribution in [2.24, 2.45) is 5.92 Å². The summed E-state index contributed by atoms with van der Waals surface area (Å²) >= 11 is 1.88. The van der Waals surface area contributed by atoms with Crippen molar-refractivity contribution in [3.63, 3.8) is 0 Å². The first-order valence-electron chi connectivity index (χ1n) is 6.33. The average molecular weight is 301 g/mol. The quantitative estimate of drug-likeness (QED) is 0.832. The lowest BCUT2D eigenvalue weighted by Gasteiger charge is -2.11. The highest BCUT2D eigenvalue weighted by molar-refractivity contribution is 7.99. The van der Waals surface area contributed by atoms with Crippen LogP contribution in [0.3, 0.4) is 0 Å². The molecule has 1 atom stereocenters. The first kappa shape index (κ1) is 14.8. The Bertz CT molecular complexity index is 493. The molecule has 1 aromatic rings. The summed E-state index contributed by atoms with van der Waals surface area (Å²) in [6.07, 6.45) is 1.10. The minimum absolute atomic E-state index is 0.00142. The molecule has 0 saturated carbocycles. The van der Waals surface area contributed by atoms with Gasteiger partial charge in [-0.3, -0.25) is 0 Å². The Morgan fingerprint density at radius 3 is 2.53 bits per heavy atom. The highest BCUT2D eigenvalue weighted by atomic mass is 32.2. The van der Waals surface area contributed by atoms with Crippen LogP contribution in [-0.2, 0) is 22.4 Å².